The molecular weight excluding hydrogens is 288 g/mol. The summed E-state index contributed by atoms with van der Waals surface area (Å²) in [4.78, 5) is 20.0. The minimum absolute atomic E-state index is 0.191. The Labute approximate surface area is 129 Å². The molecule has 1 aromatic rings. The van der Waals surface area contributed by atoms with Crippen molar-refractivity contribution in [2.24, 2.45) is 4.99 Å². The van der Waals surface area contributed by atoms with Gasteiger partial charge >= 0.3 is 5.97 Å². The van der Waals surface area contributed by atoms with E-state index in [1.807, 2.05) is 6.92 Å². The second-order valence-corrected chi connectivity index (χ2v) is 5.76. The maximum atomic E-state index is 12.4. The van der Waals surface area contributed by atoms with Crippen molar-refractivity contribution in [3.05, 3.63) is 16.0 Å². The highest BCUT2D eigenvalue weighted by molar-refractivity contribution is 7.14. The molecular formula is C15H22N2O3S. The molecule has 1 atom stereocenters. The first-order chi connectivity index (χ1) is 10.2. The summed E-state index contributed by atoms with van der Waals surface area (Å²) >= 11 is 1.53. The average molecular weight is 310 g/mol. The number of fused-ring (bicyclic) bond motifs is 1. The van der Waals surface area contributed by atoms with E-state index in [9.17, 15) is 4.79 Å². The lowest BCUT2D eigenvalue weighted by Crippen LogP contribution is -2.34. The van der Waals surface area contributed by atoms with Crippen molar-refractivity contribution in [2.45, 2.75) is 33.4 Å². The smallest absolute Gasteiger partial charge is 0.343 e. The van der Waals surface area contributed by atoms with Gasteiger partial charge in [0.25, 0.3) is 0 Å². The van der Waals surface area contributed by atoms with Gasteiger partial charge in [0.1, 0.15) is 11.7 Å². The monoisotopic (exact) mass is 310 g/mol. The highest BCUT2D eigenvalue weighted by Crippen LogP contribution is 2.44. The van der Waals surface area contributed by atoms with Gasteiger partial charge < -0.3 is 9.47 Å². The van der Waals surface area contributed by atoms with Crippen LogP contribution in [0.5, 0.6) is 5.06 Å². The summed E-state index contributed by atoms with van der Waals surface area (Å²) in [5.41, 5.74) is 1.46. The van der Waals surface area contributed by atoms with Gasteiger partial charge in [0.15, 0.2) is 5.06 Å². The molecule has 0 aliphatic carbocycles. The van der Waals surface area contributed by atoms with Crippen LogP contribution in [0.1, 0.15) is 47.7 Å². The lowest BCUT2D eigenvalue weighted by Gasteiger charge is -2.32. The summed E-state index contributed by atoms with van der Waals surface area (Å²) in [6.45, 7) is 12.2. The molecule has 116 valence electrons. The Morgan fingerprint density at radius 1 is 1.43 bits per heavy atom. The van der Waals surface area contributed by atoms with E-state index in [1.54, 1.807) is 6.92 Å². The van der Waals surface area contributed by atoms with Crippen LogP contribution >= 0.6 is 11.3 Å². The van der Waals surface area contributed by atoms with Gasteiger partial charge in [-0.2, -0.15) is 0 Å². The largest absolute Gasteiger partial charge is 0.484 e. The quantitative estimate of drug-likeness (QED) is 0.599. The minimum atomic E-state index is -0.329. The highest BCUT2D eigenvalue weighted by atomic mass is 32.1. The fourth-order valence-electron chi connectivity index (χ4n) is 2.64. The summed E-state index contributed by atoms with van der Waals surface area (Å²) in [5, 5.41) is 0.646. The lowest BCUT2D eigenvalue weighted by atomic mass is 10.0. The van der Waals surface area contributed by atoms with E-state index < -0.39 is 0 Å². The minimum Gasteiger partial charge on any atom is -0.484 e. The molecule has 0 aromatic carbocycles. The van der Waals surface area contributed by atoms with Crippen LogP contribution in [0.3, 0.4) is 0 Å². The van der Waals surface area contributed by atoms with Crippen molar-refractivity contribution in [3.8, 4) is 5.06 Å². The molecule has 2 heterocycles. The van der Waals surface area contributed by atoms with E-state index in [1.165, 1.54) is 11.3 Å². The van der Waals surface area contributed by atoms with E-state index in [0.717, 1.165) is 30.0 Å². The number of thiophene rings is 1. The summed E-state index contributed by atoms with van der Waals surface area (Å²) in [6, 6.07) is 0. The van der Waals surface area contributed by atoms with Gasteiger partial charge in [-0.15, -0.1) is 11.3 Å². The van der Waals surface area contributed by atoms with Crippen molar-refractivity contribution in [3.63, 3.8) is 0 Å². The molecule has 0 N–H and O–H groups in total. The SMILES string of the molecule is C=NC1c2c(sc(OCC)c2C(=O)OCC)CCN1CC. The number of esters is 1. The van der Waals surface area contributed by atoms with E-state index in [0.29, 0.717) is 23.8 Å². The van der Waals surface area contributed by atoms with E-state index in [-0.39, 0.29) is 12.1 Å². The lowest BCUT2D eigenvalue weighted by molar-refractivity contribution is 0.0518. The first kappa shape index (κ1) is 16.0. The van der Waals surface area contributed by atoms with Gasteiger partial charge in [-0.05, 0) is 33.5 Å². The summed E-state index contributed by atoms with van der Waals surface area (Å²) in [5.74, 6) is -0.329. The molecule has 0 saturated heterocycles. The Bertz CT molecular complexity index is 527. The number of rotatable bonds is 6. The summed E-state index contributed by atoms with van der Waals surface area (Å²) in [6.07, 6.45) is 0.711. The average Bonchev–Trinajstić information content (AvgIpc) is 2.84. The molecule has 0 spiro atoms. The number of likely N-dealkylation sites (N-methyl/N-ethyl adjacent to an activating group) is 1. The Morgan fingerprint density at radius 2 is 2.19 bits per heavy atom. The number of aliphatic imine (C=N–C) groups is 1. The van der Waals surface area contributed by atoms with Crippen LogP contribution < -0.4 is 4.74 Å². The van der Waals surface area contributed by atoms with Crippen molar-refractivity contribution < 1.29 is 14.3 Å². The van der Waals surface area contributed by atoms with Crippen molar-refractivity contribution in [2.75, 3.05) is 26.3 Å². The molecule has 2 rings (SSSR count). The maximum Gasteiger partial charge on any atom is 0.343 e. The standard InChI is InChI=1S/C15H22N2O3S/c1-5-17-9-8-10-11(13(17)16-4)12(14(18)19-6-2)15(21-10)20-7-3/h13H,4-9H2,1-3H3. The van der Waals surface area contributed by atoms with Crippen LogP contribution in [0.25, 0.3) is 0 Å². The zero-order valence-corrected chi connectivity index (χ0v) is 13.7. The Kier molecular flexibility index (Phi) is 5.36. The first-order valence-electron chi connectivity index (χ1n) is 7.33. The van der Waals surface area contributed by atoms with E-state index in [4.69, 9.17) is 9.47 Å². The van der Waals surface area contributed by atoms with Crippen molar-refractivity contribution >= 4 is 24.0 Å². The van der Waals surface area contributed by atoms with Gasteiger partial charge in [0.2, 0.25) is 0 Å². The predicted molar refractivity (Wildman–Crippen MR) is 84.7 cm³/mol. The second-order valence-electron chi connectivity index (χ2n) is 4.69. The zero-order chi connectivity index (χ0) is 15.4. The van der Waals surface area contributed by atoms with Crippen LogP contribution in [-0.2, 0) is 11.2 Å². The van der Waals surface area contributed by atoms with Crippen molar-refractivity contribution in [1.29, 1.82) is 0 Å². The van der Waals surface area contributed by atoms with Gasteiger partial charge in [0.05, 0.1) is 13.2 Å². The van der Waals surface area contributed by atoms with Crippen LogP contribution in [0.15, 0.2) is 4.99 Å². The molecule has 6 heteroatoms. The normalized spacial score (nSPS) is 18.1. The molecule has 21 heavy (non-hydrogen) atoms. The Hall–Kier alpha value is -1.40. The summed E-state index contributed by atoms with van der Waals surface area (Å²) < 4.78 is 10.9. The van der Waals surface area contributed by atoms with Crippen molar-refractivity contribution in [1.82, 2.24) is 4.90 Å². The molecule has 0 radical (unpaired) electrons. The Morgan fingerprint density at radius 3 is 2.76 bits per heavy atom. The number of hydrogen-bond donors (Lipinski definition) is 0. The third-order valence-corrected chi connectivity index (χ3v) is 4.73. The number of nitrogens with zero attached hydrogens (tertiary/aromatic N) is 2. The molecule has 1 aromatic heterocycles. The molecule has 1 aliphatic heterocycles. The van der Waals surface area contributed by atoms with Crippen LogP contribution in [0.4, 0.5) is 0 Å². The van der Waals surface area contributed by atoms with Crippen LogP contribution in [-0.4, -0.2) is 43.9 Å². The fourth-order valence-corrected chi connectivity index (χ4v) is 3.85. The second kappa shape index (κ2) is 7.04. The maximum absolute atomic E-state index is 12.4. The Balaban J connectivity index is 2.53. The molecule has 0 bridgehead atoms. The molecule has 1 unspecified atom stereocenters. The fraction of sp³-hybridized carbons (Fsp3) is 0.600. The van der Waals surface area contributed by atoms with Crippen LogP contribution in [0.2, 0.25) is 0 Å². The van der Waals surface area contributed by atoms with Crippen LogP contribution in [0, 0.1) is 0 Å². The zero-order valence-electron chi connectivity index (χ0n) is 12.8. The molecule has 0 fully saturated rings. The number of carbonyl (C=O) groups excluding carboxylic acids is 1. The molecule has 5 nitrogen and oxygen atoms in total. The number of hydrogen-bond acceptors (Lipinski definition) is 6. The molecule has 0 amide bonds. The van der Waals surface area contributed by atoms with E-state index >= 15 is 0 Å². The molecule has 0 saturated carbocycles. The highest BCUT2D eigenvalue weighted by Gasteiger charge is 2.35. The van der Waals surface area contributed by atoms with Gasteiger partial charge in [-0.3, -0.25) is 9.89 Å². The third-order valence-electron chi connectivity index (χ3n) is 3.55. The predicted octanol–water partition coefficient (Wildman–Crippen LogP) is 2.90. The topological polar surface area (TPSA) is 51.1 Å². The van der Waals surface area contributed by atoms with Gasteiger partial charge in [-0.1, -0.05) is 6.92 Å². The van der Waals surface area contributed by atoms with Gasteiger partial charge in [0, 0.05) is 17.0 Å². The summed E-state index contributed by atoms with van der Waals surface area (Å²) in [7, 11) is 0. The third kappa shape index (κ3) is 2.96. The van der Waals surface area contributed by atoms with E-state index in [2.05, 4.69) is 23.5 Å². The number of ether oxygens (including phenoxy) is 2. The molecule has 1 aliphatic rings. The first-order valence-corrected chi connectivity index (χ1v) is 8.14. The van der Waals surface area contributed by atoms with Gasteiger partial charge in [-0.25, -0.2) is 4.79 Å². The number of carbonyl (C=O) groups is 1.